The van der Waals surface area contributed by atoms with Gasteiger partial charge in [0, 0.05) is 24.3 Å². The number of hydrogen-bond donors (Lipinski definition) is 0. The SMILES string of the molecule is CC1=N/C=C\N=C\C=C\1. The first-order valence-electron chi connectivity index (χ1n) is 2.79. The van der Waals surface area contributed by atoms with E-state index < -0.39 is 0 Å². The lowest BCUT2D eigenvalue weighted by atomic mass is 10.4. The van der Waals surface area contributed by atoms with E-state index in [2.05, 4.69) is 9.98 Å². The zero-order chi connectivity index (χ0) is 6.53. The Morgan fingerprint density at radius 1 is 1.33 bits per heavy atom. The molecule has 0 N–H and O–H groups in total. The van der Waals surface area contributed by atoms with Gasteiger partial charge in [0.2, 0.25) is 0 Å². The van der Waals surface area contributed by atoms with Gasteiger partial charge in [-0.3, -0.25) is 9.98 Å². The molecule has 2 heteroatoms. The van der Waals surface area contributed by atoms with Crippen molar-refractivity contribution in [3.63, 3.8) is 0 Å². The summed E-state index contributed by atoms with van der Waals surface area (Å²) in [6, 6.07) is 0. The third-order valence-corrected chi connectivity index (χ3v) is 0.940. The molecule has 46 valence electrons. The Bertz CT molecular complexity index is 197. The van der Waals surface area contributed by atoms with Crippen LogP contribution in [-0.2, 0) is 0 Å². The zero-order valence-corrected chi connectivity index (χ0v) is 5.28. The fourth-order valence-corrected chi connectivity index (χ4v) is 0.514. The van der Waals surface area contributed by atoms with Gasteiger partial charge in [-0.1, -0.05) is 0 Å². The number of aliphatic imine (C=N–C) groups is 2. The van der Waals surface area contributed by atoms with E-state index in [-0.39, 0.29) is 0 Å². The number of rotatable bonds is 0. The summed E-state index contributed by atoms with van der Waals surface area (Å²) in [5, 5.41) is 0. The standard InChI is InChI=1S/C7H8N2/c1-7-3-2-4-8-5-6-9-7/h2-6H,1H3/b3-2+,4-2?,6-5-,7-3?,8-4+,8-5?,9-6?,9-7-. The highest BCUT2D eigenvalue weighted by molar-refractivity contribution is 5.96. The number of hydrogen-bond acceptors (Lipinski definition) is 2. The lowest BCUT2D eigenvalue weighted by molar-refractivity contribution is 1.46. The second-order valence-corrected chi connectivity index (χ2v) is 1.73. The minimum absolute atomic E-state index is 0.998. The fourth-order valence-electron chi connectivity index (χ4n) is 0.514. The van der Waals surface area contributed by atoms with Gasteiger partial charge in [-0.25, -0.2) is 0 Å². The lowest BCUT2D eigenvalue weighted by Gasteiger charge is -1.86. The lowest BCUT2D eigenvalue weighted by Crippen LogP contribution is -1.83. The van der Waals surface area contributed by atoms with Crippen molar-refractivity contribution in [3.05, 3.63) is 24.6 Å². The molecule has 0 amide bonds. The molecule has 0 spiro atoms. The Morgan fingerprint density at radius 3 is 3.11 bits per heavy atom. The van der Waals surface area contributed by atoms with Crippen LogP contribution in [0.3, 0.4) is 0 Å². The molecule has 0 aromatic heterocycles. The van der Waals surface area contributed by atoms with Crippen LogP contribution in [0.25, 0.3) is 0 Å². The van der Waals surface area contributed by atoms with E-state index in [9.17, 15) is 0 Å². The Labute approximate surface area is 54.3 Å². The molecular formula is C7H8N2. The third kappa shape index (κ3) is 2.04. The molecule has 1 heterocycles. The normalized spacial score (nSPS) is 33.2. The summed E-state index contributed by atoms with van der Waals surface area (Å²) in [6.07, 6.45) is 8.84. The highest BCUT2D eigenvalue weighted by atomic mass is 14.7. The summed E-state index contributed by atoms with van der Waals surface area (Å²) in [4.78, 5) is 7.88. The molecule has 0 bridgehead atoms. The summed E-state index contributed by atoms with van der Waals surface area (Å²) in [6.45, 7) is 1.94. The van der Waals surface area contributed by atoms with E-state index in [0.717, 1.165) is 5.71 Å². The van der Waals surface area contributed by atoms with Crippen molar-refractivity contribution in [1.29, 1.82) is 0 Å². The van der Waals surface area contributed by atoms with Crippen LogP contribution in [0.4, 0.5) is 0 Å². The van der Waals surface area contributed by atoms with Crippen molar-refractivity contribution in [3.8, 4) is 0 Å². The zero-order valence-electron chi connectivity index (χ0n) is 5.28. The minimum atomic E-state index is 0.998. The van der Waals surface area contributed by atoms with Crippen LogP contribution in [0.15, 0.2) is 34.5 Å². The second-order valence-electron chi connectivity index (χ2n) is 1.73. The van der Waals surface area contributed by atoms with Crippen LogP contribution in [-0.4, -0.2) is 11.9 Å². The maximum atomic E-state index is 4.02. The first-order chi connectivity index (χ1) is 4.39. The number of allylic oxidation sites excluding steroid dienone is 2. The molecule has 9 heavy (non-hydrogen) atoms. The van der Waals surface area contributed by atoms with Crippen molar-refractivity contribution < 1.29 is 0 Å². The van der Waals surface area contributed by atoms with Crippen LogP contribution in [0.2, 0.25) is 0 Å². The summed E-state index contributed by atoms with van der Waals surface area (Å²) < 4.78 is 0. The molecule has 2 nitrogen and oxygen atoms in total. The summed E-state index contributed by atoms with van der Waals surface area (Å²) in [5.74, 6) is 0. The predicted octanol–water partition coefficient (Wildman–Crippen LogP) is 1.56. The molecular weight excluding hydrogens is 112 g/mol. The topological polar surface area (TPSA) is 24.7 Å². The average molecular weight is 120 g/mol. The van der Waals surface area contributed by atoms with Gasteiger partial charge >= 0.3 is 0 Å². The largest absolute Gasteiger partial charge is 0.263 e. The van der Waals surface area contributed by atoms with E-state index in [1.54, 1.807) is 18.6 Å². The first kappa shape index (κ1) is 5.95. The highest BCUT2D eigenvalue weighted by Crippen LogP contribution is 1.86. The molecule has 0 radical (unpaired) electrons. The van der Waals surface area contributed by atoms with Crippen LogP contribution in [0, 0.1) is 0 Å². The van der Waals surface area contributed by atoms with Gasteiger partial charge in [0.15, 0.2) is 0 Å². The molecule has 0 aliphatic carbocycles. The molecule has 0 unspecified atom stereocenters. The van der Waals surface area contributed by atoms with Crippen molar-refractivity contribution in [1.82, 2.24) is 0 Å². The molecule has 0 aromatic rings. The Kier molecular flexibility index (Phi) is 1.96. The third-order valence-electron chi connectivity index (χ3n) is 0.940. The highest BCUT2D eigenvalue weighted by Gasteiger charge is 1.79. The van der Waals surface area contributed by atoms with Gasteiger partial charge in [0.1, 0.15) is 0 Å². The van der Waals surface area contributed by atoms with Gasteiger partial charge in [-0.05, 0) is 19.1 Å². The molecule has 0 atom stereocenters. The second kappa shape index (κ2) is 2.97. The van der Waals surface area contributed by atoms with E-state index >= 15 is 0 Å². The Morgan fingerprint density at radius 2 is 2.22 bits per heavy atom. The molecule has 0 saturated carbocycles. The van der Waals surface area contributed by atoms with Crippen molar-refractivity contribution >= 4 is 11.9 Å². The van der Waals surface area contributed by atoms with Gasteiger partial charge < -0.3 is 0 Å². The smallest absolute Gasteiger partial charge is 0.0454 e. The number of nitrogens with zero attached hydrogens (tertiary/aromatic N) is 2. The van der Waals surface area contributed by atoms with Crippen LogP contribution >= 0.6 is 0 Å². The van der Waals surface area contributed by atoms with E-state index in [1.165, 1.54) is 0 Å². The maximum absolute atomic E-state index is 4.02. The molecule has 1 rings (SSSR count). The van der Waals surface area contributed by atoms with Gasteiger partial charge in [-0.2, -0.15) is 0 Å². The average Bonchev–Trinajstić information content (AvgIpc) is 1.79. The van der Waals surface area contributed by atoms with Crippen LogP contribution in [0.1, 0.15) is 6.92 Å². The minimum Gasteiger partial charge on any atom is -0.263 e. The van der Waals surface area contributed by atoms with E-state index in [4.69, 9.17) is 0 Å². The van der Waals surface area contributed by atoms with Gasteiger partial charge in [0.05, 0.1) is 0 Å². The van der Waals surface area contributed by atoms with E-state index in [1.807, 2.05) is 19.1 Å². The van der Waals surface area contributed by atoms with Gasteiger partial charge in [-0.15, -0.1) is 0 Å². The Balaban J connectivity index is 2.77. The molecule has 1 aliphatic rings. The van der Waals surface area contributed by atoms with E-state index in [0.29, 0.717) is 0 Å². The predicted molar refractivity (Wildman–Crippen MR) is 39.9 cm³/mol. The van der Waals surface area contributed by atoms with Crippen molar-refractivity contribution in [2.24, 2.45) is 9.98 Å². The quantitative estimate of drug-likeness (QED) is 0.463. The summed E-state index contributed by atoms with van der Waals surface area (Å²) in [5.41, 5.74) is 0.998. The van der Waals surface area contributed by atoms with Crippen LogP contribution < -0.4 is 0 Å². The van der Waals surface area contributed by atoms with Crippen molar-refractivity contribution in [2.45, 2.75) is 6.92 Å². The van der Waals surface area contributed by atoms with Crippen molar-refractivity contribution in [2.75, 3.05) is 0 Å². The monoisotopic (exact) mass is 120 g/mol. The Hall–Kier alpha value is -1.18. The maximum Gasteiger partial charge on any atom is 0.0454 e. The summed E-state index contributed by atoms with van der Waals surface area (Å²) >= 11 is 0. The van der Waals surface area contributed by atoms with Gasteiger partial charge in [0.25, 0.3) is 0 Å². The molecule has 0 saturated heterocycles. The molecule has 1 aliphatic heterocycles. The fraction of sp³-hybridized carbons (Fsp3) is 0.143. The molecule has 0 aromatic carbocycles. The first-order valence-corrected chi connectivity index (χ1v) is 2.79. The summed E-state index contributed by atoms with van der Waals surface area (Å²) in [7, 11) is 0. The van der Waals surface area contributed by atoms with Crippen LogP contribution in [0.5, 0.6) is 0 Å². The molecule has 0 fully saturated rings.